The summed E-state index contributed by atoms with van der Waals surface area (Å²) in [5.41, 5.74) is 1.11. The van der Waals surface area contributed by atoms with Gasteiger partial charge in [0, 0.05) is 15.7 Å². The first-order valence-corrected chi connectivity index (χ1v) is 8.96. The van der Waals surface area contributed by atoms with E-state index in [1.54, 1.807) is 61.3 Å². The maximum Gasteiger partial charge on any atom is 0.241 e. The maximum absolute atomic E-state index is 12.4. The van der Waals surface area contributed by atoms with Gasteiger partial charge in [0.2, 0.25) is 11.8 Å². The fourth-order valence-electron chi connectivity index (χ4n) is 2.31. The van der Waals surface area contributed by atoms with Crippen molar-refractivity contribution in [2.24, 2.45) is 0 Å². The third-order valence-corrected chi connectivity index (χ3v) is 4.47. The number of nitrogens with one attached hydrogen (secondary N) is 2. The van der Waals surface area contributed by atoms with Crippen LogP contribution in [0.25, 0.3) is 0 Å². The molecule has 27 heavy (non-hydrogen) atoms. The number of hydrogen-bond donors (Lipinski definition) is 2. The standard InChI is InChI=1S/C19H21Cl2N3O3/c1-12(19(26)22-15-7-4-13(20)5-8-15)24(2)11-18(25)23-16-10-14(21)6-9-17(16)27-3/h4-10,12H,11H2,1-3H3,(H,22,26)(H,23,25)/t12-/m0/s1. The Morgan fingerprint density at radius 1 is 1.07 bits per heavy atom. The van der Waals surface area contributed by atoms with Crippen molar-refractivity contribution in [3.63, 3.8) is 0 Å². The third-order valence-electron chi connectivity index (χ3n) is 3.98. The number of carbonyl (C=O) groups is 2. The normalized spacial score (nSPS) is 11.8. The van der Waals surface area contributed by atoms with Crippen molar-refractivity contribution >= 4 is 46.4 Å². The zero-order valence-electron chi connectivity index (χ0n) is 15.3. The summed E-state index contributed by atoms with van der Waals surface area (Å²) < 4.78 is 5.21. The second-order valence-corrected chi connectivity index (χ2v) is 6.85. The van der Waals surface area contributed by atoms with E-state index in [1.807, 2.05) is 0 Å². The molecule has 2 rings (SSSR count). The van der Waals surface area contributed by atoms with E-state index in [2.05, 4.69) is 10.6 Å². The van der Waals surface area contributed by atoms with Crippen LogP contribution in [-0.2, 0) is 9.59 Å². The summed E-state index contributed by atoms with van der Waals surface area (Å²) in [4.78, 5) is 26.3. The molecular formula is C19H21Cl2N3O3. The second-order valence-electron chi connectivity index (χ2n) is 5.98. The maximum atomic E-state index is 12.4. The van der Waals surface area contributed by atoms with Gasteiger partial charge in [0.1, 0.15) is 5.75 Å². The zero-order chi connectivity index (χ0) is 20.0. The SMILES string of the molecule is COc1ccc(Cl)cc1NC(=O)CN(C)[C@@H](C)C(=O)Nc1ccc(Cl)cc1. The van der Waals surface area contributed by atoms with Gasteiger partial charge in [-0.15, -0.1) is 0 Å². The molecule has 0 radical (unpaired) electrons. The van der Waals surface area contributed by atoms with Crippen LogP contribution in [0.4, 0.5) is 11.4 Å². The Kier molecular flexibility index (Phi) is 7.47. The number of anilines is 2. The highest BCUT2D eigenvalue weighted by atomic mass is 35.5. The molecule has 2 aromatic carbocycles. The van der Waals surface area contributed by atoms with Crippen LogP contribution in [0, 0.1) is 0 Å². The summed E-state index contributed by atoms with van der Waals surface area (Å²) >= 11 is 11.8. The Bertz CT molecular complexity index is 812. The number of rotatable bonds is 7. The lowest BCUT2D eigenvalue weighted by molar-refractivity contribution is -0.122. The lowest BCUT2D eigenvalue weighted by atomic mass is 10.2. The molecule has 1 atom stereocenters. The molecule has 0 fully saturated rings. The van der Waals surface area contributed by atoms with Crippen molar-refractivity contribution in [3.8, 4) is 5.75 Å². The molecule has 144 valence electrons. The van der Waals surface area contributed by atoms with E-state index >= 15 is 0 Å². The van der Waals surface area contributed by atoms with Crippen LogP contribution in [0.5, 0.6) is 5.75 Å². The molecule has 2 aromatic rings. The van der Waals surface area contributed by atoms with Crippen LogP contribution in [-0.4, -0.2) is 43.5 Å². The van der Waals surface area contributed by atoms with E-state index in [9.17, 15) is 9.59 Å². The minimum absolute atomic E-state index is 0.0187. The first-order valence-electron chi connectivity index (χ1n) is 8.20. The molecule has 0 saturated carbocycles. The highest BCUT2D eigenvalue weighted by Crippen LogP contribution is 2.27. The summed E-state index contributed by atoms with van der Waals surface area (Å²) in [5, 5.41) is 6.61. The van der Waals surface area contributed by atoms with E-state index in [-0.39, 0.29) is 18.4 Å². The van der Waals surface area contributed by atoms with Crippen LogP contribution in [0.15, 0.2) is 42.5 Å². The molecule has 0 saturated heterocycles. The number of methoxy groups -OCH3 is 1. The number of hydrogen-bond acceptors (Lipinski definition) is 4. The minimum atomic E-state index is -0.521. The van der Waals surface area contributed by atoms with Crippen molar-refractivity contribution in [1.29, 1.82) is 0 Å². The molecule has 8 heteroatoms. The predicted molar refractivity (Wildman–Crippen MR) is 109 cm³/mol. The van der Waals surface area contributed by atoms with Gasteiger partial charge in [-0.2, -0.15) is 0 Å². The van der Waals surface area contributed by atoms with Crippen LogP contribution >= 0.6 is 23.2 Å². The smallest absolute Gasteiger partial charge is 0.241 e. The van der Waals surface area contributed by atoms with E-state index in [0.717, 1.165) is 0 Å². The number of amides is 2. The van der Waals surface area contributed by atoms with Crippen LogP contribution < -0.4 is 15.4 Å². The average Bonchev–Trinajstić information content (AvgIpc) is 2.63. The van der Waals surface area contributed by atoms with E-state index < -0.39 is 6.04 Å². The number of ether oxygens (including phenoxy) is 1. The Morgan fingerprint density at radius 2 is 1.70 bits per heavy atom. The zero-order valence-corrected chi connectivity index (χ0v) is 16.8. The molecule has 0 spiro atoms. The van der Waals surface area contributed by atoms with Gasteiger partial charge >= 0.3 is 0 Å². The van der Waals surface area contributed by atoms with Crippen LogP contribution in [0.3, 0.4) is 0 Å². The molecule has 0 aromatic heterocycles. The van der Waals surface area contributed by atoms with Gasteiger partial charge in [-0.25, -0.2) is 0 Å². The average molecular weight is 410 g/mol. The molecule has 0 unspecified atom stereocenters. The minimum Gasteiger partial charge on any atom is -0.495 e. The Morgan fingerprint density at radius 3 is 2.33 bits per heavy atom. The summed E-state index contributed by atoms with van der Waals surface area (Å²) in [6, 6.07) is 11.2. The molecule has 0 heterocycles. The monoisotopic (exact) mass is 409 g/mol. The predicted octanol–water partition coefficient (Wildman–Crippen LogP) is 3.90. The van der Waals surface area contributed by atoms with Crippen molar-refractivity contribution < 1.29 is 14.3 Å². The van der Waals surface area contributed by atoms with Gasteiger partial charge in [-0.05, 0) is 56.4 Å². The van der Waals surface area contributed by atoms with E-state index in [0.29, 0.717) is 27.2 Å². The van der Waals surface area contributed by atoms with Gasteiger partial charge in [0.05, 0.1) is 25.4 Å². The lowest BCUT2D eigenvalue weighted by Gasteiger charge is -2.23. The lowest BCUT2D eigenvalue weighted by Crippen LogP contribution is -2.43. The first kappa shape index (κ1) is 21.0. The summed E-state index contributed by atoms with van der Waals surface area (Å²) in [5.74, 6) is -0.0129. The number of carbonyl (C=O) groups excluding carboxylic acids is 2. The van der Waals surface area contributed by atoms with Gasteiger partial charge < -0.3 is 15.4 Å². The topological polar surface area (TPSA) is 70.7 Å². The molecule has 0 aliphatic carbocycles. The quantitative estimate of drug-likeness (QED) is 0.727. The summed E-state index contributed by atoms with van der Waals surface area (Å²) in [6.45, 7) is 1.74. The van der Waals surface area contributed by atoms with E-state index in [1.165, 1.54) is 7.11 Å². The molecule has 6 nitrogen and oxygen atoms in total. The molecule has 0 bridgehead atoms. The highest BCUT2D eigenvalue weighted by molar-refractivity contribution is 6.31. The third kappa shape index (κ3) is 6.13. The molecule has 0 aliphatic rings. The van der Waals surface area contributed by atoms with E-state index in [4.69, 9.17) is 27.9 Å². The highest BCUT2D eigenvalue weighted by Gasteiger charge is 2.21. The van der Waals surface area contributed by atoms with Gasteiger partial charge in [-0.3, -0.25) is 14.5 Å². The molecular weight excluding hydrogens is 389 g/mol. The Labute approximate surface area is 168 Å². The van der Waals surface area contributed by atoms with Crippen molar-refractivity contribution in [3.05, 3.63) is 52.5 Å². The van der Waals surface area contributed by atoms with Gasteiger partial charge in [0.15, 0.2) is 0 Å². The molecule has 2 N–H and O–H groups in total. The Hall–Kier alpha value is -2.28. The fraction of sp³-hybridized carbons (Fsp3) is 0.263. The van der Waals surface area contributed by atoms with Crippen molar-refractivity contribution in [2.45, 2.75) is 13.0 Å². The van der Waals surface area contributed by atoms with Crippen molar-refractivity contribution in [1.82, 2.24) is 4.90 Å². The summed E-state index contributed by atoms with van der Waals surface area (Å²) in [7, 11) is 3.20. The molecule has 2 amide bonds. The van der Waals surface area contributed by atoms with Crippen LogP contribution in [0.1, 0.15) is 6.92 Å². The Balaban J connectivity index is 1.94. The summed E-state index contributed by atoms with van der Waals surface area (Å²) in [6.07, 6.45) is 0. The number of likely N-dealkylation sites (N-methyl/N-ethyl adjacent to an activating group) is 1. The largest absolute Gasteiger partial charge is 0.495 e. The van der Waals surface area contributed by atoms with Crippen molar-refractivity contribution in [2.75, 3.05) is 31.3 Å². The molecule has 0 aliphatic heterocycles. The van der Waals surface area contributed by atoms with Gasteiger partial charge in [-0.1, -0.05) is 23.2 Å². The number of benzene rings is 2. The first-order chi connectivity index (χ1) is 12.8. The number of halogens is 2. The second kappa shape index (κ2) is 9.60. The van der Waals surface area contributed by atoms with Crippen LogP contribution in [0.2, 0.25) is 10.0 Å². The van der Waals surface area contributed by atoms with Gasteiger partial charge in [0.25, 0.3) is 0 Å². The number of nitrogens with zero attached hydrogens (tertiary/aromatic N) is 1. The fourth-order valence-corrected chi connectivity index (χ4v) is 2.61.